The molecule has 0 aliphatic carbocycles. The maximum absolute atomic E-state index is 13.2. The lowest BCUT2D eigenvalue weighted by molar-refractivity contribution is -0.131. The van der Waals surface area contributed by atoms with Gasteiger partial charge in [0.1, 0.15) is 5.78 Å². The van der Waals surface area contributed by atoms with Crippen LogP contribution in [-0.2, 0) is 11.2 Å². The zero-order valence-corrected chi connectivity index (χ0v) is 13.3. The van der Waals surface area contributed by atoms with E-state index >= 15 is 0 Å². The molecule has 132 valence electrons. The van der Waals surface area contributed by atoms with Crippen LogP contribution in [0.1, 0.15) is 60.2 Å². The Balaban J connectivity index is 2.17. The Labute approximate surface area is 160 Å². The molecular formula is C19H27NO4. The van der Waals surface area contributed by atoms with Crippen LogP contribution >= 0.6 is 0 Å². The minimum atomic E-state index is -3.21. The smallest absolute Gasteiger partial charge is 0.161 e. The number of nitrogens with zero attached hydrogens (tertiary/aromatic N) is 1. The van der Waals surface area contributed by atoms with Crippen LogP contribution in [0.2, 0.25) is 0 Å². The van der Waals surface area contributed by atoms with E-state index in [1.165, 1.54) is 7.11 Å². The largest absolute Gasteiger partial charge is 0.493 e. The van der Waals surface area contributed by atoms with Gasteiger partial charge in [-0.25, -0.2) is 0 Å². The van der Waals surface area contributed by atoms with Crippen LogP contribution in [0.3, 0.4) is 0 Å². The SMILES string of the molecule is [2H]C([2H])([2H])Oc1cc2c(cc1OC)C([2H])([2H])C([2H])([2H])N1C[C@H](C([2H])([2H])C(C)(O)C([2H])([2H])[2H])C(=O)C[C@@H]21. The van der Waals surface area contributed by atoms with Gasteiger partial charge in [0, 0.05) is 43.8 Å². The minimum Gasteiger partial charge on any atom is -0.493 e. The van der Waals surface area contributed by atoms with E-state index in [9.17, 15) is 9.90 Å². The average Bonchev–Trinajstić information content (AvgIpc) is 2.69. The Hall–Kier alpha value is -1.59. The van der Waals surface area contributed by atoms with Crippen molar-refractivity contribution in [2.75, 3.05) is 27.2 Å². The van der Waals surface area contributed by atoms with Crippen LogP contribution in [0.5, 0.6) is 11.5 Å². The van der Waals surface area contributed by atoms with Crippen molar-refractivity contribution in [3.63, 3.8) is 0 Å². The molecule has 0 bridgehead atoms. The summed E-state index contributed by atoms with van der Waals surface area (Å²) < 4.78 is 106. The number of Topliss-reactive ketones (excluding diaryl/α,β-unsaturated/α-hetero) is 1. The van der Waals surface area contributed by atoms with Gasteiger partial charge in [0.25, 0.3) is 0 Å². The molecule has 5 nitrogen and oxygen atoms in total. The number of aliphatic hydroxyl groups is 1. The molecule has 2 aliphatic rings. The van der Waals surface area contributed by atoms with E-state index in [2.05, 4.69) is 0 Å². The molecule has 1 unspecified atom stereocenters. The minimum absolute atomic E-state index is 0.0464. The van der Waals surface area contributed by atoms with Crippen molar-refractivity contribution in [2.45, 2.75) is 44.6 Å². The molecular weight excluding hydrogens is 306 g/mol. The lowest BCUT2D eigenvalue weighted by atomic mass is 9.79. The van der Waals surface area contributed by atoms with Crippen molar-refractivity contribution in [1.29, 1.82) is 0 Å². The summed E-state index contributed by atoms with van der Waals surface area (Å²) in [4.78, 5) is 14.1. The van der Waals surface area contributed by atoms with Gasteiger partial charge < -0.3 is 14.6 Å². The fraction of sp³-hybridized carbons (Fsp3) is 0.632. The summed E-state index contributed by atoms with van der Waals surface area (Å²) in [5.41, 5.74) is -3.13. The number of piperidine rings is 1. The second kappa shape index (κ2) is 6.37. The van der Waals surface area contributed by atoms with Gasteiger partial charge in [0.2, 0.25) is 0 Å². The third kappa shape index (κ3) is 3.28. The molecule has 0 amide bonds. The third-order valence-electron chi connectivity index (χ3n) is 4.13. The Kier molecular flexibility index (Phi) is 2.06. The molecule has 0 saturated carbocycles. The lowest BCUT2D eigenvalue weighted by Gasteiger charge is -2.44. The number of hydrogen-bond donors (Lipinski definition) is 1. The van der Waals surface area contributed by atoms with E-state index in [4.69, 9.17) is 25.9 Å². The second-order valence-electron chi connectivity index (χ2n) is 6.04. The van der Waals surface area contributed by atoms with Gasteiger partial charge in [0.05, 0.1) is 23.9 Å². The molecule has 1 aromatic rings. The molecule has 0 radical (unpaired) electrons. The Morgan fingerprint density at radius 3 is 3.00 bits per heavy atom. The molecule has 0 spiro atoms. The Morgan fingerprint density at radius 1 is 1.50 bits per heavy atom. The van der Waals surface area contributed by atoms with Crippen LogP contribution in [0, 0.1) is 5.92 Å². The number of ether oxygens (including phenoxy) is 2. The van der Waals surface area contributed by atoms with Crippen LogP contribution < -0.4 is 9.47 Å². The van der Waals surface area contributed by atoms with E-state index in [0.717, 1.165) is 24.0 Å². The monoisotopic (exact) mass is 345 g/mol. The molecule has 1 saturated heterocycles. The molecule has 5 heteroatoms. The molecule has 1 N–H and O–H groups in total. The summed E-state index contributed by atoms with van der Waals surface area (Å²) in [5.74, 6) is -3.05. The van der Waals surface area contributed by atoms with Gasteiger partial charge in [-0.3, -0.25) is 9.69 Å². The van der Waals surface area contributed by atoms with Crippen LogP contribution in [0.25, 0.3) is 0 Å². The maximum atomic E-state index is 13.2. The van der Waals surface area contributed by atoms with Gasteiger partial charge in [-0.1, -0.05) is 0 Å². The maximum Gasteiger partial charge on any atom is 0.161 e. The van der Waals surface area contributed by atoms with Gasteiger partial charge in [0.15, 0.2) is 11.5 Å². The fourth-order valence-electron chi connectivity index (χ4n) is 3.07. The molecule has 2 heterocycles. The zero-order valence-electron chi connectivity index (χ0n) is 25.3. The normalized spacial score (nSPS) is 39.5. The van der Waals surface area contributed by atoms with Gasteiger partial charge >= 0.3 is 0 Å². The zero-order chi connectivity index (χ0) is 27.9. The molecule has 24 heavy (non-hydrogen) atoms. The summed E-state index contributed by atoms with van der Waals surface area (Å²) in [7, 11) is -1.70. The molecule has 1 fully saturated rings. The van der Waals surface area contributed by atoms with Crippen molar-refractivity contribution < 1.29 is 35.8 Å². The molecule has 3 atom stereocenters. The molecule has 0 aromatic heterocycles. The summed E-state index contributed by atoms with van der Waals surface area (Å²) in [6.07, 6.45) is -6.34. The topological polar surface area (TPSA) is 59.0 Å². The second-order valence-corrected chi connectivity index (χ2v) is 6.04. The first-order valence-corrected chi connectivity index (χ1v) is 7.44. The highest BCUT2D eigenvalue weighted by molar-refractivity contribution is 5.83. The molecule has 3 rings (SSSR count). The Bertz CT molecular complexity index is 1050. The Morgan fingerprint density at radius 2 is 2.29 bits per heavy atom. The summed E-state index contributed by atoms with van der Waals surface area (Å²) in [6, 6.07) is 1.12. The number of rotatable bonds is 4. The van der Waals surface area contributed by atoms with Crippen molar-refractivity contribution in [2.24, 2.45) is 5.92 Å². The highest BCUT2D eigenvalue weighted by Crippen LogP contribution is 2.42. The van der Waals surface area contributed by atoms with E-state index < -0.39 is 69.4 Å². The van der Waals surface area contributed by atoms with E-state index in [0.29, 0.717) is 0 Å². The van der Waals surface area contributed by atoms with E-state index in [1.807, 2.05) is 0 Å². The van der Waals surface area contributed by atoms with Gasteiger partial charge in [-0.2, -0.15) is 0 Å². The van der Waals surface area contributed by atoms with Crippen LogP contribution in [0.15, 0.2) is 12.1 Å². The number of carbonyl (C=O) groups excluding carboxylic acids is 1. The van der Waals surface area contributed by atoms with E-state index in [-0.39, 0.29) is 22.6 Å². The summed E-state index contributed by atoms with van der Waals surface area (Å²) in [6.45, 7) is -6.03. The highest BCUT2D eigenvalue weighted by Gasteiger charge is 2.40. The average molecular weight is 346 g/mol. The summed E-state index contributed by atoms with van der Waals surface area (Å²) >= 11 is 0. The first kappa shape index (κ1) is 7.75. The highest BCUT2D eigenvalue weighted by atomic mass is 16.5. The third-order valence-corrected chi connectivity index (χ3v) is 4.13. The standard InChI is InChI=1S/C19H27NO4/c1-19(2,22)10-13-11-20-6-5-12-7-17(23-3)18(24-4)8-14(12)15(20)9-16(13)21/h7-8,13,15,22H,5-6,9-11H2,1-4H3/t13-,15-/m0/s1/i1D3,4D3,5D2,6D2,10D2/t13-,15-,19?. The predicted molar refractivity (Wildman–Crippen MR) is 91.6 cm³/mol. The number of ketones is 1. The van der Waals surface area contributed by atoms with Crippen molar-refractivity contribution >= 4 is 5.78 Å². The fourth-order valence-corrected chi connectivity index (χ4v) is 3.07. The lowest BCUT2D eigenvalue weighted by Crippen LogP contribution is -2.47. The predicted octanol–water partition coefficient (Wildman–Crippen LogP) is 2.35. The number of benzene rings is 1. The number of hydrogen-bond acceptors (Lipinski definition) is 5. The van der Waals surface area contributed by atoms with E-state index in [1.54, 1.807) is 0 Å². The quantitative estimate of drug-likeness (QED) is 0.908. The molecule has 2 aliphatic heterocycles. The number of fused-ring (bicyclic) bond motifs is 3. The molecule has 1 aromatic carbocycles. The van der Waals surface area contributed by atoms with Crippen LogP contribution in [0.4, 0.5) is 0 Å². The number of aryl methyl sites for hydroxylation is 1. The van der Waals surface area contributed by atoms with Gasteiger partial charge in [-0.05, 0) is 49.8 Å². The summed E-state index contributed by atoms with van der Waals surface area (Å²) in [5, 5.41) is 10.6. The van der Waals surface area contributed by atoms with Crippen molar-refractivity contribution in [1.82, 2.24) is 4.90 Å². The van der Waals surface area contributed by atoms with Crippen LogP contribution in [-0.4, -0.2) is 48.6 Å². The van der Waals surface area contributed by atoms with Gasteiger partial charge in [-0.15, -0.1) is 0 Å². The first-order valence-electron chi connectivity index (χ1n) is 13.4. The number of carbonyl (C=O) groups is 1. The van der Waals surface area contributed by atoms with Crippen molar-refractivity contribution in [3.05, 3.63) is 23.3 Å². The van der Waals surface area contributed by atoms with Crippen molar-refractivity contribution in [3.8, 4) is 11.5 Å². The first-order chi connectivity index (χ1) is 16.0. The number of methoxy groups -OCH3 is 2.